The molecule has 2 aliphatic carbocycles. The number of carbonyl (C=O) groups excluding carboxylic acids is 2. The molecule has 4 aromatic carbocycles. The second-order valence-corrected chi connectivity index (χ2v) is 11.1. The Bertz CT molecular complexity index is 1570. The molecule has 1 saturated carbocycles. The summed E-state index contributed by atoms with van der Waals surface area (Å²) in [7, 11) is 0. The molecule has 1 fully saturated rings. The molecular formula is C30H19BrClNO2S. The molecule has 0 atom stereocenters. The Labute approximate surface area is 226 Å². The summed E-state index contributed by atoms with van der Waals surface area (Å²) in [5.41, 5.74) is 5.57. The van der Waals surface area contributed by atoms with Crippen molar-refractivity contribution in [2.45, 2.75) is 22.6 Å². The van der Waals surface area contributed by atoms with E-state index in [4.69, 9.17) is 11.6 Å². The van der Waals surface area contributed by atoms with Crippen molar-refractivity contribution < 1.29 is 9.59 Å². The van der Waals surface area contributed by atoms with E-state index in [0.29, 0.717) is 37.4 Å². The highest BCUT2D eigenvalue weighted by atomic mass is 79.9. The summed E-state index contributed by atoms with van der Waals surface area (Å²) in [6, 6.07) is 26.7. The zero-order valence-corrected chi connectivity index (χ0v) is 22.1. The van der Waals surface area contributed by atoms with Gasteiger partial charge in [-0.05, 0) is 66.4 Å². The molecule has 3 nitrogen and oxygen atoms in total. The molecule has 36 heavy (non-hydrogen) atoms. The third-order valence-electron chi connectivity index (χ3n) is 6.32. The van der Waals surface area contributed by atoms with Crippen LogP contribution in [-0.4, -0.2) is 11.6 Å². The Kier molecular flexibility index (Phi) is 6.08. The number of halogens is 2. The third kappa shape index (κ3) is 4.21. The first kappa shape index (κ1) is 23.3. The Morgan fingerprint density at radius 2 is 1.53 bits per heavy atom. The molecule has 0 unspecified atom stereocenters. The molecule has 176 valence electrons. The summed E-state index contributed by atoms with van der Waals surface area (Å²) < 4.78 is 0.620. The van der Waals surface area contributed by atoms with Gasteiger partial charge in [-0.25, -0.2) is 0 Å². The number of anilines is 1. The van der Waals surface area contributed by atoms with Crippen molar-refractivity contribution in [2.75, 3.05) is 5.32 Å². The number of hydrogen-bond acceptors (Lipinski definition) is 4. The van der Waals surface area contributed by atoms with Crippen molar-refractivity contribution in [2.24, 2.45) is 0 Å². The molecule has 0 radical (unpaired) electrons. The van der Waals surface area contributed by atoms with Gasteiger partial charge in [0.05, 0.1) is 11.3 Å². The van der Waals surface area contributed by atoms with Gasteiger partial charge >= 0.3 is 0 Å². The van der Waals surface area contributed by atoms with E-state index in [1.165, 1.54) is 17.3 Å². The van der Waals surface area contributed by atoms with E-state index in [1.54, 1.807) is 18.2 Å². The summed E-state index contributed by atoms with van der Waals surface area (Å²) in [5, 5.41) is 4.20. The summed E-state index contributed by atoms with van der Waals surface area (Å²) in [6.07, 6.45) is 1.99. The van der Waals surface area contributed by atoms with Crippen LogP contribution in [0.5, 0.6) is 0 Å². The number of nitrogens with one attached hydrogen (secondary N) is 1. The van der Waals surface area contributed by atoms with E-state index in [9.17, 15) is 9.59 Å². The molecule has 0 aromatic heterocycles. The van der Waals surface area contributed by atoms with Crippen molar-refractivity contribution in [1.29, 1.82) is 0 Å². The number of fused-ring (bicyclic) bond motifs is 2. The van der Waals surface area contributed by atoms with Crippen LogP contribution < -0.4 is 5.32 Å². The average Bonchev–Trinajstić information content (AvgIpc) is 3.73. The maximum absolute atomic E-state index is 14.0. The Hall–Kier alpha value is -3.12. The van der Waals surface area contributed by atoms with Gasteiger partial charge in [-0.2, -0.15) is 0 Å². The van der Waals surface area contributed by atoms with E-state index >= 15 is 0 Å². The van der Waals surface area contributed by atoms with Crippen LogP contribution in [0.2, 0.25) is 5.02 Å². The second kappa shape index (κ2) is 9.40. The highest BCUT2D eigenvalue weighted by Gasteiger charge is 2.36. The monoisotopic (exact) mass is 571 g/mol. The van der Waals surface area contributed by atoms with Gasteiger partial charge in [0.2, 0.25) is 0 Å². The third-order valence-corrected chi connectivity index (χ3v) is 8.30. The number of allylic oxidation sites excluding steroid dienone is 1. The van der Waals surface area contributed by atoms with Crippen LogP contribution in [0.3, 0.4) is 0 Å². The van der Waals surface area contributed by atoms with E-state index in [0.717, 1.165) is 33.9 Å². The highest BCUT2D eigenvalue weighted by Crippen LogP contribution is 2.44. The van der Waals surface area contributed by atoms with E-state index in [-0.39, 0.29) is 11.6 Å². The van der Waals surface area contributed by atoms with Crippen LogP contribution in [0, 0.1) is 0 Å². The highest BCUT2D eigenvalue weighted by molar-refractivity contribution is 9.10. The molecule has 0 saturated heterocycles. The lowest BCUT2D eigenvalue weighted by Gasteiger charge is -2.24. The van der Waals surface area contributed by atoms with Gasteiger partial charge in [-0.1, -0.05) is 81.8 Å². The minimum absolute atomic E-state index is 0.143. The molecular weight excluding hydrogens is 554 g/mol. The molecule has 0 aliphatic heterocycles. The molecule has 6 rings (SSSR count). The van der Waals surface area contributed by atoms with Gasteiger partial charge < -0.3 is 5.32 Å². The lowest BCUT2D eigenvalue weighted by atomic mass is 9.83. The van der Waals surface area contributed by atoms with Crippen molar-refractivity contribution >= 4 is 62.2 Å². The molecule has 4 aromatic rings. The van der Waals surface area contributed by atoms with Gasteiger partial charge in [-0.15, -0.1) is 0 Å². The smallest absolute Gasteiger partial charge is 0.197 e. The maximum Gasteiger partial charge on any atom is 0.197 e. The normalized spacial score (nSPS) is 13.8. The Morgan fingerprint density at radius 3 is 2.25 bits per heavy atom. The SMILES string of the molecule is O=C1c2c(Br)cccc2C(=O)c2c(Sc3ccccc3)ccc(NC(=C3CC3)c3ccc(Cl)cc3)c21. The molecule has 0 heterocycles. The van der Waals surface area contributed by atoms with Crippen LogP contribution >= 0.6 is 39.3 Å². The summed E-state index contributed by atoms with van der Waals surface area (Å²) in [6.45, 7) is 0. The van der Waals surface area contributed by atoms with Crippen LogP contribution in [-0.2, 0) is 0 Å². The lowest BCUT2D eigenvalue weighted by Crippen LogP contribution is -2.24. The van der Waals surface area contributed by atoms with Gasteiger partial charge in [-0.3, -0.25) is 9.59 Å². The van der Waals surface area contributed by atoms with E-state index in [1.807, 2.05) is 66.7 Å². The topological polar surface area (TPSA) is 46.2 Å². The number of hydrogen-bond donors (Lipinski definition) is 1. The van der Waals surface area contributed by atoms with Crippen molar-refractivity contribution in [1.82, 2.24) is 0 Å². The van der Waals surface area contributed by atoms with E-state index in [2.05, 4.69) is 21.2 Å². The van der Waals surface area contributed by atoms with Crippen LogP contribution in [0.1, 0.15) is 50.2 Å². The largest absolute Gasteiger partial charge is 0.354 e. The van der Waals surface area contributed by atoms with Gasteiger partial charge in [0.15, 0.2) is 11.6 Å². The van der Waals surface area contributed by atoms with Crippen molar-refractivity contribution in [3.8, 4) is 0 Å². The van der Waals surface area contributed by atoms with Crippen molar-refractivity contribution in [3.05, 3.63) is 128 Å². The van der Waals surface area contributed by atoms with Crippen molar-refractivity contribution in [3.63, 3.8) is 0 Å². The zero-order valence-electron chi connectivity index (χ0n) is 19.0. The fourth-order valence-corrected chi connectivity index (χ4v) is 6.13. The fraction of sp³-hybridized carbons (Fsp3) is 0.0667. The standard InChI is InChI=1S/C30H19BrClNO2S/c31-22-8-4-7-21-25(22)30(35)26-23(33-28(17-9-10-17)18-11-13-19(32)14-12-18)15-16-24(27(26)29(21)34)36-20-5-2-1-3-6-20/h1-8,11-16,33H,9-10H2. The lowest BCUT2D eigenvalue weighted by molar-refractivity contribution is 0.0977. The number of benzene rings is 4. The molecule has 0 bridgehead atoms. The van der Waals surface area contributed by atoms with Gasteiger partial charge in [0.1, 0.15) is 0 Å². The average molecular weight is 573 g/mol. The first-order chi connectivity index (χ1) is 17.5. The maximum atomic E-state index is 14.0. The summed E-state index contributed by atoms with van der Waals surface area (Å²) in [5.74, 6) is -0.309. The minimum atomic E-state index is -0.165. The van der Waals surface area contributed by atoms with Crippen LogP contribution in [0.15, 0.2) is 105 Å². The molecule has 6 heteroatoms. The van der Waals surface area contributed by atoms with E-state index < -0.39 is 0 Å². The Balaban J connectivity index is 1.52. The fourth-order valence-electron chi connectivity index (χ4n) is 4.48. The number of ketones is 2. The number of rotatable bonds is 5. The first-order valence-corrected chi connectivity index (χ1v) is 13.5. The van der Waals surface area contributed by atoms with Crippen LogP contribution in [0.4, 0.5) is 5.69 Å². The summed E-state index contributed by atoms with van der Waals surface area (Å²) >= 11 is 11.1. The van der Waals surface area contributed by atoms with Gasteiger partial charge in [0, 0.05) is 41.7 Å². The predicted octanol–water partition coefficient (Wildman–Crippen LogP) is 8.65. The molecule has 0 amide bonds. The molecule has 0 spiro atoms. The van der Waals surface area contributed by atoms with Crippen LogP contribution in [0.25, 0.3) is 5.70 Å². The predicted molar refractivity (Wildman–Crippen MR) is 149 cm³/mol. The number of carbonyl (C=O) groups is 2. The molecule has 1 N–H and O–H groups in total. The van der Waals surface area contributed by atoms with Gasteiger partial charge in [0.25, 0.3) is 0 Å². The zero-order chi connectivity index (χ0) is 24.8. The first-order valence-electron chi connectivity index (χ1n) is 11.5. The second-order valence-electron chi connectivity index (χ2n) is 8.71. The minimum Gasteiger partial charge on any atom is -0.354 e. The Morgan fingerprint density at radius 1 is 0.778 bits per heavy atom. The molecule has 2 aliphatic rings. The quantitative estimate of drug-likeness (QED) is 0.229. The summed E-state index contributed by atoms with van der Waals surface area (Å²) in [4.78, 5) is 29.6.